The molecular weight excluding hydrogens is 1120 g/mol. The predicted octanol–water partition coefficient (Wildman–Crippen LogP) is 10.4. The molecule has 88 heavy (non-hydrogen) atoms. The van der Waals surface area contributed by atoms with E-state index in [-0.39, 0.29) is 138 Å². The summed E-state index contributed by atoms with van der Waals surface area (Å²) in [7, 11) is 0. The lowest BCUT2D eigenvalue weighted by atomic mass is 9.80. The highest BCUT2D eigenvalue weighted by atomic mass is 16.2. The lowest BCUT2D eigenvalue weighted by molar-refractivity contribution is 0.0238. The summed E-state index contributed by atoms with van der Waals surface area (Å²) in [4.78, 5) is 190. The van der Waals surface area contributed by atoms with Crippen LogP contribution in [0.3, 0.4) is 0 Å². The van der Waals surface area contributed by atoms with Crippen LogP contribution in [-0.4, -0.2) is 124 Å². The van der Waals surface area contributed by atoms with Crippen molar-refractivity contribution in [2.24, 2.45) is 0 Å². The van der Waals surface area contributed by atoms with Crippen molar-refractivity contribution in [2.75, 3.05) is 0 Å². The molecule has 18 nitrogen and oxygen atoms in total. The van der Waals surface area contributed by atoms with Gasteiger partial charge in [0, 0.05) is 110 Å². The van der Waals surface area contributed by atoms with Gasteiger partial charge in [0.25, 0.3) is 70.9 Å². The van der Waals surface area contributed by atoms with Crippen LogP contribution in [0.25, 0.3) is 64.6 Å². The van der Waals surface area contributed by atoms with Crippen molar-refractivity contribution in [3.8, 4) is 0 Å². The molecule has 0 saturated heterocycles. The van der Waals surface area contributed by atoms with Gasteiger partial charge in [-0.1, -0.05) is 49.9 Å². The third-order valence-corrected chi connectivity index (χ3v) is 21.2. The van der Waals surface area contributed by atoms with Gasteiger partial charge in [-0.2, -0.15) is 0 Å². The highest BCUT2D eigenvalue weighted by Crippen LogP contribution is 2.51. The fraction of sp³-hybridized carbons (Fsp3) is 0.229. The Hall–Kier alpha value is -10.6. The minimum atomic E-state index is -1.02. The molecule has 4 atom stereocenters. The normalized spacial score (nSPS) is 23.0. The summed E-state index contributed by atoms with van der Waals surface area (Å²) in [6.07, 6.45) is 4.64. The largest absolute Gasteiger partial charge is 0.269 e. The SMILES string of the molecule is O=C1c2ccc3c4c5ccc(c24)C(=O)N1C1=C(CCCC1)N1C(=O)c2ccc4c6ccc7c8c(ccc(c9ccc(c2c49)C1=O)c86)C(=O)N(C7=O)[C@@H]1CCCC[C@H]1N1C(=O)c2ccc4c6c(ccc(c26)C1=O)C(=O)N(C4=O)[C@@H]1CCCC[C@H]1N(C3=O)C5=O. The van der Waals surface area contributed by atoms with E-state index in [4.69, 9.17) is 0 Å². The van der Waals surface area contributed by atoms with E-state index in [0.29, 0.717) is 81.6 Å². The highest BCUT2D eigenvalue weighted by Gasteiger charge is 2.53. The second-order valence-electron chi connectivity index (χ2n) is 25.0. The standard InChI is InChI=1S/C70H44N6O12/c77-59-33-17-13-29-31-15-19-35-54-36-20-16-32(52(31)54)30-14-18-34(53(33)51(29)30)60(78)71(59)45-7-1-3-9-47(45)73-63(81)37-21-25-41-57-42(26-22-38(55(37)57)64(73)82)68(86)75(67(41)85)49-11-5-6-12-50(49)76-69(87)43-27-23-39-56-40(24-28-44(58(43)56)70(76)88)66(84)74(65(39)83)48-10-4-2-8-46(48)72(61(35)79)62(36)80/h13-28,45,47,49-50H,1-12H2/t45-,47-,49-,50-/m1/s1. The van der Waals surface area contributed by atoms with Crippen molar-refractivity contribution in [1.29, 1.82) is 0 Å². The molecule has 2 fully saturated rings. The van der Waals surface area contributed by atoms with Gasteiger partial charge in [-0.25, -0.2) is 9.80 Å². The smallest absolute Gasteiger partial charge is 0.265 e. The Bertz CT molecular complexity index is 4970. The zero-order valence-electron chi connectivity index (χ0n) is 46.6. The van der Waals surface area contributed by atoms with Crippen LogP contribution in [0.5, 0.6) is 0 Å². The molecule has 9 aromatic carbocycles. The summed E-state index contributed by atoms with van der Waals surface area (Å²) in [5.74, 6) is -8.39. The lowest BCUT2D eigenvalue weighted by Gasteiger charge is -2.46. The Kier molecular flexibility index (Phi) is 9.40. The molecule has 12 amide bonds. The van der Waals surface area contributed by atoms with Gasteiger partial charge >= 0.3 is 0 Å². The maximum Gasteiger partial charge on any atom is 0.265 e. The summed E-state index contributed by atoms with van der Waals surface area (Å²) in [6.45, 7) is 0. The van der Waals surface area contributed by atoms with E-state index in [1.165, 1.54) is 53.4 Å². The average Bonchev–Trinajstić information content (AvgIpc) is 0.721. The summed E-state index contributed by atoms with van der Waals surface area (Å²) < 4.78 is 0. The molecule has 3 aliphatic carbocycles. The quantitative estimate of drug-likeness (QED) is 0.0785. The molecule has 9 aromatic rings. The fourth-order valence-corrected chi connectivity index (χ4v) is 17.5. The molecule has 0 spiro atoms. The molecule has 32 aliphatic heterocycles. The van der Waals surface area contributed by atoms with Crippen LogP contribution < -0.4 is 0 Å². The second-order valence-corrected chi connectivity index (χ2v) is 25.0. The summed E-state index contributed by atoms with van der Waals surface area (Å²) in [6, 6.07) is 21.6. The third-order valence-electron chi connectivity index (χ3n) is 21.2. The first kappa shape index (κ1) is 49.6. The number of carbonyl (C=O) groups excluding carboxylic acids is 12. The van der Waals surface area contributed by atoms with E-state index >= 15 is 57.5 Å². The van der Waals surface area contributed by atoms with Crippen molar-refractivity contribution in [3.05, 3.63) is 175 Å². The number of benzene rings is 9. The molecule has 30 bridgehead atoms. The van der Waals surface area contributed by atoms with Gasteiger partial charge in [0.15, 0.2) is 0 Å². The topological polar surface area (TPSA) is 224 Å². The zero-order chi connectivity index (χ0) is 59.5. The van der Waals surface area contributed by atoms with Crippen LogP contribution in [0, 0.1) is 0 Å². The number of hydrogen-bond donors (Lipinski definition) is 0. The van der Waals surface area contributed by atoms with Crippen molar-refractivity contribution in [1.82, 2.24) is 29.4 Å². The maximum absolute atomic E-state index is 15.4. The molecule has 2 saturated carbocycles. The summed E-state index contributed by atoms with van der Waals surface area (Å²) >= 11 is 0. The first-order chi connectivity index (χ1) is 42.7. The molecule has 18 heteroatoms. The average molecular weight is 1160 g/mol. The van der Waals surface area contributed by atoms with Gasteiger partial charge in [0.05, 0.1) is 24.2 Å². The molecule has 0 N–H and O–H groups in total. The number of carbonyl (C=O) groups is 12. The third kappa shape index (κ3) is 5.70. The van der Waals surface area contributed by atoms with Crippen LogP contribution in [-0.2, 0) is 0 Å². The van der Waals surface area contributed by atoms with E-state index < -0.39 is 95.1 Å². The lowest BCUT2D eigenvalue weighted by Crippen LogP contribution is -2.61. The molecule has 44 rings (SSSR count). The van der Waals surface area contributed by atoms with Crippen LogP contribution in [0.2, 0.25) is 0 Å². The Balaban J connectivity index is 0.822. The Morgan fingerprint density at radius 2 is 0.398 bits per heavy atom. The molecule has 0 aromatic heterocycles. The van der Waals surface area contributed by atoms with E-state index in [1.807, 2.05) is 12.1 Å². The first-order valence-corrected chi connectivity index (χ1v) is 30.2. The van der Waals surface area contributed by atoms with Crippen LogP contribution in [0.15, 0.2) is 108 Å². The second kappa shape index (κ2) is 16.7. The monoisotopic (exact) mass is 1160 g/mol. The minimum Gasteiger partial charge on any atom is -0.269 e. The van der Waals surface area contributed by atoms with Gasteiger partial charge in [0.1, 0.15) is 0 Å². The minimum absolute atomic E-state index is 0.0273. The van der Waals surface area contributed by atoms with Gasteiger partial charge in [0.2, 0.25) is 0 Å². The van der Waals surface area contributed by atoms with Crippen LogP contribution in [0.4, 0.5) is 0 Å². The molecule has 35 aliphatic rings. The summed E-state index contributed by atoms with van der Waals surface area (Å²) in [5.41, 5.74) is 1.64. The first-order valence-electron chi connectivity index (χ1n) is 30.2. The van der Waals surface area contributed by atoms with Gasteiger partial charge in [-0.15, -0.1) is 0 Å². The molecule has 0 radical (unpaired) electrons. The van der Waals surface area contributed by atoms with Gasteiger partial charge < -0.3 is 0 Å². The zero-order valence-corrected chi connectivity index (χ0v) is 46.6. The Morgan fingerprint density at radius 1 is 0.216 bits per heavy atom. The van der Waals surface area contributed by atoms with E-state index in [2.05, 4.69) is 0 Å². The van der Waals surface area contributed by atoms with E-state index in [9.17, 15) is 0 Å². The molecule has 32 heterocycles. The van der Waals surface area contributed by atoms with Crippen LogP contribution >= 0.6 is 0 Å². The number of amides is 12. The van der Waals surface area contributed by atoms with Crippen molar-refractivity contribution < 1.29 is 57.5 Å². The van der Waals surface area contributed by atoms with Gasteiger partial charge in [-0.05, 0) is 156 Å². The maximum atomic E-state index is 15.4. The number of allylic oxidation sites excluding steroid dienone is 2. The Morgan fingerprint density at radius 3 is 0.614 bits per heavy atom. The van der Waals surface area contributed by atoms with E-state index in [0.717, 1.165) is 24.5 Å². The number of imide groups is 6. The summed E-state index contributed by atoms with van der Waals surface area (Å²) in [5, 5.41) is 5.22. The van der Waals surface area contributed by atoms with Crippen LogP contribution in [0.1, 0.15) is 201 Å². The molecular formula is C70H44N6O12. The van der Waals surface area contributed by atoms with Crippen molar-refractivity contribution in [2.45, 2.75) is 101 Å². The fourth-order valence-electron chi connectivity index (χ4n) is 17.5. The van der Waals surface area contributed by atoms with E-state index in [1.54, 1.807) is 36.4 Å². The highest BCUT2D eigenvalue weighted by molar-refractivity contribution is 6.42. The Labute approximate surface area is 496 Å². The van der Waals surface area contributed by atoms with Gasteiger partial charge in [-0.3, -0.25) is 77.1 Å². The van der Waals surface area contributed by atoms with Crippen molar-refractivity contribution >= 4 is 136 Å². The number of hydrogen-bond acceptors (Lipinski definition) is 12. The molecule has 0 unspecified atom stereocenters. The number of rotatable bonds is 0. The predicted molar refractivity (Wildman–Crippen MR) is 316 cm³/mol. The van der Waals surface area contributed by atoms with Crippen molar-refractivity contribution in [3.63, 3.8) is 0 Å². The molecule has 426 valence electrons. The number of nitrogens with zero attached hydrogens (tertiary/aromatic N) is 6.